The molecular formula is C27H29NO3S. The molecule has 32 heavy (non-hydrogen) atoms. The Labute approximate surface area is 192 Å². The predicted octanol–water partition coefficient (Wildman–Crippen LogP) is 6.11. The summed E-state index contributed by atoms with van der Waals surface area (Å²) in [5.41, 5.74) is 3.69. The van der Waals surface area contributed by atoms with Crippen molar-refractivity contribution in [2.75, 3.05) is 13.2 Å². The van der Waals surface area contributed by atoms with Gasteiger partial charge in [0.1, 0.15) is 24.0 Å². The summed E-state index contributed by atoms with van der Waals surface area (Å²) in [4.78, 5) is 2.55. The van der Waals surface area contributed by atoms with E-state index >= 15 is 0 Å². The molecule has 0 saturated carbocycles. The Balaban J connectivity index is 1.10. The molecule has 2 aromatic heterocycles. The molecule has 166 valence electrons. The second-order valence-electron chi connectivity index (χ2n) is 9.48. The number of fused-ring (bicyclic) bond motifs is 4. The highest BCUT2D eigenvalue weighted by Gasteiger charge is 2.41. The quantitative estimate of drug-likeness (QED) is 0.388. The minimum Gasteiger partial charge on any atom is -0.490 e. The molecule has 2 unspecified atom stereocenters. The van der Waals surface area contributed by atoms with Gasteiger partial charge in [0.2, 0.25) is 0 Å². The predicted molar refractivity (Wildman–Crippen MR) is 130 cm³/mol. The maximum absolute atomic E-state index is 10.8. The van der Waals surface area contributed by atoms with E-state index in [0.29, 0.717) is 31.2 Å². The Kier molecular flexibility index (Phi) is 5.21. The van der Waals surface area contributed by atoms with E-state index in [1.807, 2.05) is 35.6 Å². The molecule has 4 aromatic rings. The summed E-state index contributed by atoms with van der Waals surface area (Å²) in [6.07, 6.45) is 6.03. The Morgan fingerprint density at radius 1 is 1.12 bits per heavy atom. The Hall–Kier alpha value is -2.34. The highest BCUT2D eigenvalue weighted by molar-refractivity contribution is 7.17. The van der Waals surface area contributed by atoms with E-state index in [4.69, 9.17) is 9.15 Å². The molecule has 0 spiro atoms. The van der Waals surface area contributed by atoms with Crippen molar-refractivity contribution in [1.29, 1.82) is 0 Å². The van der Waals surface area contributed by atoms with E-state index in [9.17, 15) is 5.11 Å². The van der Waals surface area contributed by atoms with Gasteiger partial charge in [0, 0.05) is 23.3 Å². The van der Waals surface area contributed by atoms with Crippen LogP contribution in [0.2, 0.25) is 0 Å². The van der Waals surface area contributed by atoms with E-state index in [-0.39, 0.29) is 0 Å². The van der Waals surface area contributed by atoms with Gasteiger partial charge in [-0.25, -0.2) is 0 Å². The fraction of sp³-hybridized carbons (Fsp3) is 0.407. The SMILES string of the molecule is Cc1csc2cc(C3CC4CCC(C3)N4C[C@H](O)COc3cccc4occc34)ccc12. The van der Waals surface area contributed by atoms with Crippen molar-refractivity contribution in [3.63, 3.8) is 0 Å². The fourth-order valence-corrected chi connectivity index (χ4v) is 6.84. The highest BCUT2D eigenvalue weighted by Crippen LogP contribution is 2.44. The lowest BCUT2D eigenvalue weighted by atomic mass is 9.84. The van der Waals surface area contributed by atoms with Gasteiger partial charge in [-0.1, -0.05) is 18.2 Å². The average molecular weight is 448 g/mol. The second-order valence-corrected chi connectivity index (χ2v) is 10.4. The minimum absolute atomic E-state index is 0.304. The molecule has 6 rings (SSSR count). The van der Waals surface area contributed by atoms with Gasteiger partial charge in [-0.15, -0.1) is 11.3 Å². The van der Waals surface area contributed by atoms with Crippen molar-refractivity contribution < 1.29 is 14.3 Å². The van der Waals surface area contributed by atoms with Crippen LogP contribution in [-0.4, -0.2) is 41.3 Å². The summed E-state index contributed by atoms with van der Waals surface area (Å²) in [7, 11) is 0. The van der Waals surface area contributed by atoms with E-state index in [2.05, 4.69) is 35.4 Å². The molecule has 0 aliphatic carbocycles. The van der Waals surface area contributed by atoms with E-state index in [0.717, 1.165) is 16.7 Å². The molecule has 0 radical (unpaired) electrons. The number of aliphatic hydroxyl groups is 1. The number of aliphatic hydroxyl groups excluding tert-OH is 1. The minimum atomic E-state index is -0.498. The molecule has 2 fully saturated rings. The van der Waals surface area contributed by atoms with Crippen molar-refractivity contribution in [2.24, 2.45) is 0 Å². The van der Waals surface area contributed by atoms with Crippen LogP contribution in [0.15, 0.2) is 58.5 Å². The maximum atomic E-state index is 10.8. The van der Waals surface area contributed by atoms with Gasteiger partial charge in [0.25, 0.3) is 0 Å². The maximum Gasteiger partial charge on any atom is 0.137 e. The summed E-state index contributed by atoms with van der Waals surface area (Å²) in [5, 5.41) is 15.4. The van der Waals surface area contributed by atoms with Crippen LogP contribution in [0.5, 0.6) is 5.75 Å². The number of hydrogen-bond acceptors (Lipinski definition) is 5. The van der Waals surface area contributed by atoms with Crippen molar-refractivity contribution in [3.05, 3.63) is 65.2 Å². The number of benzene rings is 2. The topological polar surface area (TPSA) is 45.8 Å². The molecule has 2 aliphatic rings. The number of rotatable bonds is 6. The third-order valence-corrected chi connectivity index (χ3v) is 8.52. The lowest BCUT2D eigenvalue weighted by Crippen LogP contribution is -2.47. The monoisotopic (exact) mass is 447 g/mol. The van der Waals surface area contributed by atoms with Gasteiger partial charge >= 0.3 is 0 Å². The van der Waals surface area contributed by atoms with E-state index in [1.165, 1.54) is 46.9 Å². The molecule has 0 amide bonds. The third kappa shape index (κ3) is 3.62. The van der Waals surface area contributed by atoms with Crippen LogP contribution in [0.3, 0.4) is 0 Å². The zero-order valence-corrected chi connectivity index (χ0v) is 19.2. The summed E-state index contributed by atoms with van der Waals surface area (Å²) in [6, 6.07) is 15.9. The van der Waals surface area contributed by atoms with Crippen molar-refractivity contribution in [1.82, 2.24) is 4.90 Å². The van der Waals surface area contributed by atoms with Crippen LogP contribution < -0.4 is 4.74 Å². The number of ether oxygens (including phenoxy) is 1. The van der Waals surface area contributed by atoms with Crippen LogP contribution in [0.4, 0.5) is 0 Å². The number of thiophene rings is 1. The van der Waals surface area contributed by atoms with Crippen molar-refractivity contribution >= 4 is 32.4 Å². The second kappa shape index (κ2) is 8.22. The Morgan fingerprint density at radius 3 is 2.81 bits per heavy atom. The fourth-order valence-electron chi connectivity index (χ4n) is 5.85. The number of hydrogen-bond donors (Lipinski definition) is 1. The van der Waals surface area contributed by atoms with Gasteiger partial charge in [-0.2, -0.15) is 0 Å². The largest absolute Gasteiger partial charge is 0.490 e. The number of nitrogens with zero attached hydrogens (tertiary/aromatic N) is 1. The van der Waals surface area contributed by atoms with Crippen LogP contribution in [0.1, 0.15) is 42.7 Å². The zero-order chi connectivity index (χ0) is 21.7. The molecule has 3 atom stereocenters. The molecule has 4 nitrogen and oxygen atoms in total. The first-order valence-corrected chi connectivity index (χ1v) is 12.5. The summed E-state index contributed by atoms with van der Waals surface area (Å²) >= 11 is 1.86. The van der Waals surface area contributed by atoms with Gasteiger partial charge in [-0.3, -0.25) is 4.90 Å². The van der Waals surface area contributed by atoms with Gasteiger partial charge < -0.3 is 14.3 Å². The summed E-state index contributed by atoms with van der Waals surface area (Å²) in [5.74, 6) is 1.40. The molecule has 5 heteroatoms. The third-order valence-electron chi connectivity index (χ3n) is 7.46. The number of furan rings is 1. The first-order valence-electron chi connectivity index (χ1n) is 11.7. The highest BCUT2D eigenvalue weighted by atomic mass is 32.1. The molecule has 1 N–H and O–H groups in total. The molecule has 2 aliphatic heterocycles. The van der Waals surface area contributed by atoms with E-state index in [1.54, 1.807) is 6.26 Å². The van der Waals surface area contributed by atoms with Gasteiger partial charge in [0.05, 0.1) is 11.6 Å². The first kappa shape index (κ1) is 20.3. The smallest absolute Gasteiger partial charge is 0.137 e. The van der Waals surface area contributed by atoms with E-state index < -0.39 is 6.10 Å². The van der Waals surface area contributed by atoms with Crippen LogP contribution >= 0.6 is 11.3 Å². The van der Waals surface area contributed by atoms with Crippen molar-refractivity contribution in [2.45, 2.75) is 56.7 Å². The number of aryl methyl sites for hydroxylation is 1. The summed E-state index contributed by atoms with van der Waals surface area (Å²) in [6.45, 7) is 3.19. The average Bonchev–Trinajstić information content (AvgIpc) is 3.48. The van der Waals surface area contributed by atoms with Crippen LogP contribution in [0, 0.1) is 6.92 Å². The molecular weight excluding hydrogens is 418 g/mol. The zero-order valence-electron chi connectivity index (χ0n) is 18.4. The van der Waals surface area contributed by atoms with Crippen LogP contribution in [-0.2, 0) is 0 Å². The molecule has 2 bridgehead atoms. The lowest BCUT2D eigenvalue weighted by molar-refractivity contribution is 0.0321. The van der Waals surface area contributed by atoms with Gasteiger partial charge in [0.15, 0.2) is 0 Å². The van der Waals surface area contributed by atoms with Crippen molar-refractivity contribution in [3.8, 4) is 5.75 Å². The molecule has 4 heterocycles. The molecule has 2 saturated heterocycles. The standard InChI is InChI=1S/C27H29NO3S/c1-17-16-32-27-13-18(5-8-23(17)27)19-11-20-6-7-21(12-19)28(20)14-22(29)15-31-26-4-2-3-25-24(26)9-10-30-25/h2-5,8-10,13,16,19-22,29H,6-7,11-12,14-15H2,1H3/t19?,20?,21?,22-/m0/s1. The van der Waals surface area contributed by atoms with Gasteiger partial charge in [-0.05, 0) is 84.7 Å². The molecule has 2 aromatic carbocycles. The Bertz CT molecular complexity index is 1230. The number of piperidine rings is 1. The normalized spacial score (nSPS) is 24.4. The Morgan fingerprint density at radius 2 is 1.97 bits per heavy atom. The lowest BCUT2D eigenvalue weighted by Gasteiger charge is -2.40. The van der Waals surface area contributed by atoms with Crippen LogP contribution in [0.25, 0.3) is 21.1 Å². The summed E-state index contributed by atoms with van der Waals surface area (Å²) < 4.78 is 12.8. The first-order chi connectivity index (χ1) is 15.7.